The van der Waals surface area contributed by atoms with Gasteiger partial charge in [-0.3, -0.25) is 0 Å². The van der Waals surface area contributed by atoms with Crippen molar-refractivity contribution in [1.29, 1.82) is 0 Å². The van der Waals surface area contributed by atoms with Crippen molar-refractivity contribution in [1.82, 2.24) is 5.32 Å². The van der Waals surface area contributed by atoms with Gasteiger partial charge in [0.1, 0.15) is 0 Å². The second-order valence-corrected chi connectivity index (χ2v) is 4.25. The number of hydrogen-bond acceptors (Lipinski definition) is 3. The Hall–Kier alpha value is -0.770. The highest BCUT2D eigenvalue weighted by atomic mass is 16.4. The maximum Gasteiger partial charge on any atom is 0.156 e. The molecule has 0 bridgehead atoms. The van der Waals surface area contributed by atoms with Gasteiger partial charge in [-0.25, -0.2) is 0 Å². The monoisotopic (exact) mass is 199 g/mol. The number of oxime groups is 1. The van der Waals surface area contributed by atoms with Gasteiger partial charge in [-0.1, -0.05) is 18.0 Å². The van der Waals surface area contributed by atoms with E-state index in [1.54, 1.807) is 0 Å². The molecule has 4 nitrogen and oxygen atoms in total. The predicted octanol–water partition coefficient (Wildman–Crippen LogP) is 1.29. The van der Waals surface area contributed by atoms with E-state index in [9.17, 15) is 0 Å². The van der Waals surface area contributed by atoms with Crippen molar-refractivity contribution in [2.45, 2.75) is 51.6 Å². The lowest BCUT2D eigenvalue weighted by Gasteiger charge is -2.24. The largest absolute Gasteiger partial charge is 0.409 e. The van der Waals surface area contributed by atoms with E-state index in [0.29, 0.717) is 6.04 Å². The number of rotatable bonds is 4. The smallest absolute Gasteiger partial charge is 0.156 e. The molecule has 1 unspecified atom stereocenters. The second-order valence-electron chi connectivity index (χ2n) is 4.25. The fraction of sp³-hybridized carbons (Fsp3) is 0.900. The fourth-order valence-electron chi connectivity index (χ4n) is 2.16. The lowest BCUT2D eigenvalue weighted by atomic mass is 9.99. The molecular weight excluding hydrogens is 178 g/mol. The maximum atomic E-state index is 8.51. The molecule has 1 fully saturated rings. The molecule has 2 atom stereocenters. The Balaban J connectivity index is 2.35. The van der Waals surface area contributed by atoms with Crippen LogP contribution in [0.25, 0.3) is 0 Å². The number of nitrogens with one attached hydrogen (secondary N) is 1. The van der Waals surface area contributed by atoms with Gasteiger partial charge in [0.05, 0.1) is 6.04 Å². The zero-order chi connectivity index (χ0) is 10.6. The minimum Gasteiger partial charge on any atom is -0.409 e. The SMILES string of the molecule is CC(N[C@H](C)C1CCCC1)C(N)=NO. The first-order chi connectivity index (χ1) is 6.65. The molecule has 1 saturated carbocycles. The van der Waals surface area contributed by atoms with E-state index in [0.717, 1.165) is 5.92 Å². The predicted molar refractivity (Wildman–Crippen MR) is 57.4 cm³/mol. The lowest BCUT2D eigenvalue weighted by Crippen LogP contribution is -2.45. The molecular formula is C10H21N3O. The van der Waals surface area contributed by atoms with Crippen molar-refractivity contribution in [2.75, 3.05) is 0 Å². The quantitative estimate of drug-likeness (QED) is 0.276. The molecule has 0 amide bonds. The lowest BCUT2D eigenvalue weighted by molar-refractivity contribution is 0.311. The van der Waals surface area contributed by atoms with Crippen LogP contribution in [0.5, 0.6) is 0 Å². The Morgan fingerprint density at radius 2 is 2.00 bits per heavy atom. The van der Waals surface area contributed by atoms with E-state index in [1.807, 2.05) is 6.92 Å². The Morgan fingerprint density at radius 1 is 1.43 bits per heavy atom. The van der Waals surface area contributed by atoms with Crippen molar-refractivity contribution in [2.24, 2.45) is 16.8 Å². The second kappa shape index (κ2) is 5.20. The zero-order valence-electron chi connectivity index (χ0n) is 9.03. The highest BCUT2D eigenvalue weighted by molar-refractivity contribution is 5.84. The molecule has 0 aliphatic heterocycles. The van der Waals surface area contributed by atoms with Crippen LogP contribution in [0.15, 0.2) is 5.16 Å². The van der Waals surface area contributed by atoms with Crippen molar-refractivity contribution < 1.29 is 5.21 Å². The van der Waals surface area contributed by atoms with Gasteiger partial charge in [0, 0.05) is 6.04 Å². The van der Waals surface area contributed by atoms with Gasteiger partial charge in [0.2, 0.25) is 0 Å². The summed E-state index contributed by atoms with van der Waals surface area (Å²) in [5.41, 5.74) is 5.50. The van der Waals surface area contributed by atoms with Gasteiger partial charge in [-0.2, -0.15) is 0 Å². The molecule has 0 aromatic heterocycles. The molecule has 82 valence electrons. The first-order valence-corrected chi connectivity index (χ1v) is 5.38. The summed E-state index contributed by atoms with van der Waals surface area (Å²) in [4.78, 5) is 0. The van der Waals surface area contributed by atoms with Crippen LogP contribution in [-0.2, 0) is 0 Å². The van der Waals surface area contributed by atoms with Gasteiger partial charge in [-0.15, -0.1) is 0 Å². The molecule has 4 N–H and O–H groups in total. The van der Waals surface area contributed by atoms with E-state index in [4.69, 9.17) is 10.9 Å². The summed E-state index contributed by atoms with van der Waals surface area (Å²) in [6, 6.07) is 0.406. The van der Waals surface area contributed by atoms with Crippen LogP contribution in [0.1, 0.15) is 39.5 Å². The molecule has 1 aliphatic rings. The fourth-order valence-corrected chi connectivity index (χ4v) is 2.16. The average Bonchev–Trinajstić information content (AvgIpc) is 2.69. The minimum absolute atomic E-state index is 0.0457. The van der Waals surface area contributed by atoms with E-state index in [1.165, 1.54) is 25.7 Å². The van der Waals surface area contributed by atoms with Crippen molar-refractivity contribution >= 4 is 5.84 Å². The molecule has 0 spiro atoms. The Kier molecular flexibility index (Phi) is 4.20. The highest BCUT2D eigenvalue weighted by Crippen LogP contribution is 2.27. The summed E-state index contributed by atoms with van der Waals surface area (Å²) < 4.78 is 0. The molecule has 14 heavy (non-hydrogen) atoms. The summed E-state index contributed by atoms with van der Waals surface area (Å²) in [5.74, 6) is 1.01. The molecule has 0 aromatic carbocycles. The van der Waals surface area contributed by atoms with Crippen LogP contribution < -0.4 is 11.1 Å². The van der Waals surface area contributed by atoms with Crippen LogP contribution >= 0.6 is 0 Å². The number of nitrogens with two attached hydrogens (primary N) is 1. The van der Waals surface area contributed by atoms with Crippen LogP contribution in [0.4, 0.5) is 0 Å². The number of hydrogen-bond donors (Lipinski definition) is 3. The molecule has 0 radical (unpaired) electrons. The summed E-state index contributed by atoms with van der Waals surface area (Å²) in [7, 11) is 0. The van der Waals surface area contributed by atoms with Gasteiger partial charge in [0.25, 0.3) is 0 Å². The standard InChI is InChI=1S/C10H21N3O/c1-7(9-5-3-4-6-9)12-8(2)10(11)13-14/h7-9,12,14H,3-6H2,1-2H3,(H2,11,13)/t7-,8?/m1/s1. The normalized spacial score (nSPS) is 23.7. The third-order valence-electron chi connectivity index (χ3n) is 3.18. The first-order valence-electron chi connectivity index (χ1n) is 5.38. The van der Waals surface area contributed by atoms with Crippen LogP contribution in [0.2, 0.25) is 0 Å². The molecule has 4 heteroatoms. The summed E-state index contributed by atoms with van der Waals surface area (Å²) in [6.07, 6.45) is 5.29. The van der Waals surface area contributed by atoms with Gasteiger partial charge < -0.3 is 16.3 Å². The third kappa shape index (κ3) is 2.87. The summed E-state index contributed by atoms with van der Waals surface area (Å²) >= 11 is 0. The molecule has 0 aromatic rings. The van der Waals surface area contributed by atoms with Gasteiger partial charge in [-0.05, 0) is 32.6 Å². The third-order valence-corrected chi connectivity index (χ3v) is 3.18. The number of amidine groups is 1. The van der Waals surface area contributed by atoms with Crippen LogP contribution in [-0.4, -0.2) is 23.1 Å². The Morgan fingerprint density at radius 3 is 2.50 bits per heavy atom. The van der Waals surface area contributed by atoms with Crippen LogP contribution in [0.3, 0.4) is 0 Å². The maximum absolute atomic E-state index is 8.51. The van der Waals surface area contributed by atoms with E-state index in [2.05, 4.69) is 17.4 Å². The van der Waals surface area contributed by atoms with Crippen molar-refractivity contribution in [3.05, 3.63) is 0 Å². The molecule has 1 rings (SSSR count). The first kappa shape index (κ1) is 11.3. The molecule has 1 aliphatic carbocycles. The highest BCUT2D eigenvalue weighted by Gasteiger charge is 2.23. The van der Waals surface area contributed by atoms with E-state index in [-0.39, 0.29) is 11.9 Å². The van der Waals surface area contributed by atoms with Crippen molar-refractivity contribution in [3.63, 3.8) is 0 Å². The van der Waals surface area contributed by atoms with E-state index >= 15 is 0 Å². The molecule has 0 heterocycles. The average molecular weight is 199 g/mol. The minimum atomic E-state index is -0.0457. The molecule has 0 saturated heterocycles. The van der Waals surface area contributed by atoms with Gasteiger partial charge in [0.15, 0.2) is 5.84 Å². The summed E-state index contributed by atoms with van der Waals surface area (Å²) in [6.45, 7) is 4.09. The van der Waals surface area contributed by atoms with Crippen molar-refractivity contribution in [3.8, 4) is 0 Å². The van der Waals surface area contributed by atoms with E-state index < -0.39 is 0 Å². The Labute approximate surface area is 85.6 Å². The summed E-state index contributed by atoms with van der Waals surface area (Å²) in [5, 5.41) is 14.9. The number of nitrogens with zero attached hydrogens (tertiary/aromatic N) is 1. The van der Waals surface area contributed by atoms with Crippen LogP contribution in [0, 0.1) is 5.92 Å². The zero-order valence-corrected chi connectivity index (χ0v) is 9.03. The topological polar surface area (TPSA) is 70.6 Å². The Bertz CT molecular complexity index is 200. The van der Waals surface area contributed by atoms with Gasteiger partial charge >= 0.3 is 0 Å².